The maximum atomic E-state index is 9.90. The van der Waals surface area contributed by atoms with E-state index >= 15 is 0 Å². The van der Waals surface area contributed by atoms with E-state index in [0.29, 0.717) is 5.75 Å². The van der Waals surface area contributed by atoms with Crippen molar-refractivity contribution in [1.82, 2.24) is 0 Å². The van der Waals surface area contributed by atoms with Gasteiger partial charge >= 0.3 is 0 Å². The molecule has 0 aliphatic carbocycles. The number of phenols is 1. The smallest absolute Gasteiger partial charge is 0.231 e. The number of fused-ring (bicyclic) bond motifs is 1. The molecule has 0 spiro atoms. The molecule has 3 rings (SSSR count). The molecule has 1 aliphatic rings. The molecule has 22 heavy (non-hydrogen) atoms. The minimum absolute atomic E-state index is 0.246. The summed E-state index contributed by atoms with van der Waals surface area (Å²) in [7, 11) is 0. The summed E-state index contributed by atoms with van der Waals surface area (Å²) in [5.41, 5.74) is 3.58. The van der Waals surface area contributed by atoms with E-state index in [4.69, 9.17) is 9.47 Å². The summed E-state index contributed by atoms with van der Waals surface area (Å²) < 4.78 is 10.9. The summed E-state index contributed by atoms with van der Waals surface area (Å²) in [5, 5.41) is 9.90. The number of phenolic OH excluding ortho intramolecular Hbond substituents is 1. The minimum atomic E-state index is 0.246. The highest BCUT2D eigenvalue weighted by Crippen LogP contribution is 2.36. The Balaban J connectivity index is 2.00. The molecule has 4 nitrogen and oxygen atoms in total. The van der Waals surface area contributed by atoms with Gasteiger partial charge in [-0.15, -0.1) is 0 Å². The lowest BCUT2D eigenvalue weighted by Crippen LogP contribution is -1.94. The largest absolute Gasteiger partial charge is 0.508 e. The van der Waals surface area contributed by atoms with Crippen LogP contribution in [0.4, 0.5) is 5.69 Å². The Labute approximate surface area is 130 Å². The van der Waals surface area contributed by atoms with E-state index in [1.165, 1.54) is 0 Å². The van der Waals surface area contributed by atoms with Gasteiger partial charge in [-0.1, -0.05) is 19.9 Å². The molecule has 4 heteroatoms. The summed E-state index contributed by atoms with van der Waals surface area (Å²) in [6.45, 7) is 6.28. The molecule has 0 saturated carbocycles. The second-order valence-corrected chi connectivity index (χ2v) is 5.69. The Morgan fingerprint density at radius 3 is 2.82 bits per heavy atom. The van der Waals surface area contributed by atoms with Crippen LogP contribution in [0.2, 0.25) is 0 Å². The third-order valence-electron chi connectivity index (χ3n) is 3.74. The van der Waals surface area contributed by atoms with Crippen molar-refractivity contribution < 1.29 is 14.6 Å². The van der Waals surface area contributed by atoms with E-state index in [0.717, 1.165) is 33.9 Å². The maximum absolute atomic E-state index is 9.90. The van der Waals surface area contributed by atoms with Crippen LogP contribution in [0.3, 0.4) is 0 Å². The number of aliphatic imine (C=N–C) groups is 1. The summed E-state index contributed by atoms with van der Waals surface area (Å²) in [4.78, 5) is 4.61. The molecule has 1 aliphatic heterocycles. The second-order valence-electron chi connectivity index (χ2n) is 5.69. The topological polar surface area (TPSA) is 51.0 Å². The SMILES string of the molecule is Cc1cc(N=Cc2cccc3c2OCO3)c(C(C)C)cc1O. The van der Waals surface area contributed by atoms with Crippen molar-refractivity contribution in [2.75, 3.05) is 6.79 Å². The molecule has 0 fully saturated rings. The van der Waals surface area contributed by atoms with Crippen molar-refractivity contribution in [3.05, 3.63) is 47.0 Å². The van der Waals surface area contributed by atoms with Crippen LogP contribution in [0.25, 0.3) is 0 Å². The Morgan fingerprint density at radius 1 is 1.23 bits per heavy atom. The van der Waals surface area contributed by atoms with Gasteiger partial charge in [0.05, 0.1) is 5.69 Å². The number of para-hydroxylation sites is 1. The predicted molar refractivity (Wildman–Crippen MR) is 86.8 cm³/mol. The van der Waals surface area contributed by atoms with E-state index in [2.05, 4.69) is 18.8 Å². The van der Waals surface area contributed by atoms with E-state index in [1.54, 1.807) is 12.3 Å². The van der Waals surface area contributed by atoms with E-state index in [9.17, 15) is 5.11 Å². The first-order valence-electron chi connectivity index (χ1n) is 7.32. The number of benzene rings is 2. The van der Waals surface area contributed by atoms with Crippen LogP contribution >= 0.6 is 0 Å². The van der Waals surface area contributed by atoms with Crippen LogP contribution in [0.5, 0.6) is 17.2 Å². The molecule has 0 unspecified atom stereocenters. The highest BCUT2D eigenvalue weighted by Gasteiger charge is 2.16. The van der Waals surface area contributed by atoms with Gasteiger partial charge < -0.3 is 14.6 Å². The average Bonchev–Trinajstić information content (AvgIpc) is 2.96. The number of nitrogens with zero attached hydrogens (tertiary/aromatic N) is 1. The molecule has 2 aromatic carbocycles. The van der Waals surface area contributed by atoms with Crippen LogP contribution in [0, 0.1) is 6.92 Å². The zero-order valence-corrected chi connectivity index (χ0v) is 13.0. The lowest BCUT2D eigenvalue weighted by molar-refractivity contribution is 0.174. The van der Waals surface area contributed by atoms with Gasteiger partial charge in [-0.3, -0.25) is 4.99 Å². The molecule has 0 amide bonds. The number of rotatable bonds is 3. The third-order valence-corrected chi connectivity index (χ3v) is 3.74. The fraction of sp³-hybridized carbons (Fsp3) is 0.278. The van der Waals surface area contributed by atoms with Gasteiger partial charge in [0.1, 0.15) is 5.75 Å². The molecule has 0 radical (unpaired) electrons. The highest BCUT2D eigenvalue weighted by atomic mass is 16.7. The molecule has 0 bridgehead atoms. The maximum Gasteiger partial charge on any atom is 0.231 e. The number of hydrogen-bond acceptors (Lipinski definition) is 4. The average molecular weight is 297 g/mol. The molecule has 1 heterocycles. The first-order valence-corrected chi connectivity index (χ1v) is 7.32. The fourth-order valence-corrected chi connectivity index (χ4v) is 2.47. The summed E-state index contributed by atoms with van der Waals surface area (Å²) in [5.74, 6) is 2.06. The lowest BCUT2D eigenvalue weighted by Gasteiger charge is -2.11. The molecular formula is C18H19NO3. The van der Waals surface area contributed by atoms with Crippen LogP contribution in [0.1, 0.15) is 36.5 Å². The van der Waals surface area contributed by atoms with Crippen molar-refractivity contribution >= 4 is 11.9 Å². The second kappa shape index (κ2) is 5.72. The number of ether oxygens (including phenoxy) is 2. The van der Waals surface area contributed by atoms with Gasteiger partial charge in [0.25, 0.3) is 0 Å². The Morgan fingerprint density at radius 2 is 2.05 bits per heavy atom. The number of aromatic hydroxyl groups is 1. The van der Waals surface area contributed by atoms with Crippen LogP contribution in [0.15, 0.2) is 35.3 Å². The van der Waals surface area contributed by atoms with E-state index in [1.807, 2.05) is 31.2 Å². The monoisotopic (exact) mass is 297 g/mol. The summed E-state index contributed by atoms with van der Waals surface area (Å²) in [6.07, 6.45) is 1.78. The van der Waals surface area contributed by atoms with Crippen molar-refractivity contribution in [2.24, 2.45) is 4.99 Å². The molecule has 0 saturated heterocycles. The Bertz CT molecular complexity index is 735. The zero-order valence-electron chi connectivity index (χ0n) is 13.0. The normalized spacial score (nSPS) is 13.3. The van der Waals surface area contributed by atoms with Crippen molar-refractivity contribution in [2.45, 2.75) is 26.7 Å². The standard InChI is InChI=1S/C18H19NO3/c1-11(2)14-8-16(20)12(3)7-15(14)19-9-13-5-4-6-17-18(13)22-10-21-17/h4-9,11,20H,10H2,1-3H3. The molecule has 1 N–H and O–H groups in total. The predicted octanol–water partition coefficient (Wildman–Crippen LogP) is 4.30. The minimum Gasteiger partial charge on any atom is -0.508 e. The quantitative estimate of drug-likeness (QED) is 0.859. The zero-order chi connectivity index (χ0) is 15.7. The van der Waals surface area contributed by atoms with Crippen molar-refractivity contribution in [1.29, 1.82) is 0 Å². The van der Waals surface area contributed by atoms with Crippen LogP contribution in [-0.4, -0.2) is 18.1 Å². The van der Waals surface area contributed by atoms with Gasteiger partial charge in [0.15, 0.2) is 11.5 Å². The molecular weight excluding hydrogens is 278 g/mol. The lowest BCUT2D eigenvalue weighted by atomic mass is 9.99. The summed E-state index contributed by atoms with van der Waals surface area (Å²) >= 11 is 0. The molecule has 0 atom stereocenters. The number of aryl methyl sites for hydroxylation is 1. The van der Waals surface area contributed by atoms with Crippen LogP contribution in [-0.2, 0) is 0 Å². The van der Waals surface area contributed by atoms with Gasteiger partial charge in [-0.05, 0) is 48.2 Å². The molecule has 114 valence electrons. The van der Waals surface area contributed by atoms with E-state index in [-0.39, 0.29) is 12.7 Å². The Kier molecular flexibility index (Phi) is 3.75. The van der Waals surface area contributed by atoms with Gasteiger partial charge in [-0.2, -0.15) is 0 Å². The van der Waals surface area contributed by atoms with Gasteiger partial charge in [-0.25, -0.2) is 0 Å². The van der Waals surface area contributed by atoms with Crippen LogP contribution < -0.4 is 9.47 Å². The summed E-state index contributed by atoms with van der Waals surface area (Å²) in [6, 6.07) is 9.44. The highest BCUT2D eigenvalue weighted by molar-refractivity contribution is 5.87. The fourth-order valence-electron chi connectivity index (χ4n) is 2.47. The Hall–Kier alpha value is -2.49. The third kappa shape index (κ3) is 2.64. The first kappa shape index (κ1) is 14.4. The van der Waals surface area contributed by atoms with Gasteiger partial charge in [0, 0.05) is 11.8 Å². The van der Waals surface area contributed by atoms with Crippen molar-refractivity contribution in [3.8, 4) is 17.2 Å². The molecule has 0 aromatic heterocycles. The first-order chi connectivity index (χ1) is 10.6. The van der Waals surface area contributed by atoms with E-state index < -0.39 is 0 Å². The van der Waals surface area contributed by atoms with Crippen molar-refractivity contribution in [3.63, 3.8) is 0 Å². The van der Waals surface area contributed by atoms with Gasteiger partial charge in [0.2, 0.25) is 6.79 Å². The molecule has 2 aromatic rings. The number of hydrogen-bond donors (Lipinski definition) is 1.